The van der Waals surface area contributed by atoms with Crippen LogP contribution in [0.15, 0.2) is 44.3 Å². The second-order valence-corrected chi connectivity index (χ2v) is 7.75. The lowest BCUT2D eigenvalue weighted by atomic mass is 10.1. The van der Waals surface area contributed by atoms with Crippen LogP contribution in [0.2, 0.25) is 0 Å². The number of nitriles is 1. The zero-order valence-electron chi connectivity index (χ0n) is 16.7. The zero-order chi connectivity index (χ0) is 21.1. The van der Waals surface area contributed by atoms with E-state index in [1.54, 1.807) is 6.21 Å². The van der Waals surface area contributed by atoms with Crippen LogP contribution < -0.4 is 5.43 Å². The molecule has 7 heteroatoms. The number of carbonyl (C=O) groups excluding carboxylic acids is 1. The van der Waals surface area contributed by atoms with Gasteiger partial charge in [-0.3, -0.25) is 9.36 Å². The SMILES string of the molecule is Cc1oc(-n2c(C)cc(/C=N\NC(=O)Cc3ccc(Br)cc3)c2C)c(C#N)c1C. The molecule has 0 aliphatic rings. The number of hydrazone groups is 1. The number of nitrogens with zero attached hydrogens (tertiary/aromatic N) is 3. The van der Waals surface area contributed by atoms with Crippen molar-refractivity contribution in [2.75, 3.05) is 0 Å². The molecular formula is C22H21BrN4O2. The average Bonchev–Trinajstić information content (AvgIpc) is 3.12. The number of carbonyl (C=O) groups is 1. The maximum absolute atomic E-state index is 12.1. The number of benzene rings is 1. The van der Waals surface area contributed by atoms with Crippen LogP contribution in [0.1, 0.15) is 39.4 Å². The van der Waals surface area contributed by atoms with Crippen molar-refractivity contribution in [3.8, 4) is 12.0 Å². The zero-order valence-corrected chi connectivity index (χ0v) is 18.3. The van der Waals surface area contributed by atoms with E-state index in [0.29, 0.717) is 11.4 Å². The molecule has 6 nitrogen and oxygen atoms in total. The normalized spacial score (nSPS) is 11.0. The average molecular weight is 453 g/mol. The Morgan fingerprint density at radius 2 is 1.97 bits per heavy atom. The van der Waals surface area contributed by atoms with Crippen molar-refractivity contribution < 1.29 is 9.21 Å². The Labute approximate surface area is 178 Å². The lowest BCUT2D eigenvalue weighted by molar-refractivity contribution is -0.120. The largest absolute Gasteiger partial charge is 0.443 e. The summed E-state index contributed by atoms with van der Waals surface area (Å²) in [5.41, 5.74) is 7.45. The molecule has 0 unspecified atom stereocenters. The summed E-state index contributed by atoms with van der Waals surface area (Å²) >= 11 is 3.37. The molecule has 1 aromatic carbocycles. The maximum atomic E-state index is 12.1. The summed E-state index contributed by atoms with van der Waals surface area (Å²) in [6, 6.07) is 11.7. The number of aryl methyl sites for hydroxylation is 2. The third-order valence-corrected chi connectivity index (χ3v) is 5.35. The molecular weight excluding hydrogens is 432 g/mol. The molecule has 0 saturated carbocycles. The highest BCUT2D eigenvalue weighted by atomic mass is 79.9. The van der Waals surface area contributed by atoms with E-state index in [0.717, 1.165) is 38.3 Å². The first-order chi connectivity index (χ1) is 13.8. The molecule has 0 fully saturated rings. The van der Waals surface area contributed by atoms with Gasteiger partial charge in [0.05, 0.1) is 12.6 Å². The Morgan fingerprint density at radius 3 is 2.62 bits per heavy atom. The summed E-state index contributed by atoms with van der Waals surface area (Å²) in [6.07, 6.45) is 1.85. The molecule has 148 valence electrons. The lowest BCUT2D eigenvalue weighted by Gasteiger charge is -2.06. The van der Waals surface area contributed by atoms with Crippen LogP contribution in [0, 0.1) is 39.0 Å². The lowest BCUT2D eigenvalue weighted by Crippen LogP contribution is -2.19. The Morgan fingerprint density at radius 1 is 1.28 bits per heavy atom. The van der Waals surface area contributed by atoms with Gasteiger partial charge in [0.15, 0.2) is 0 Å². The van der Waals surface area contributed by atoms with Crippen LogP contribution in [-0.4, -0.2) is 16.7 Å². The fourth-order valence-electron chi connectivity index (χ4n) is 3.13. The summed E-state index contributed by atoms with van der Waals surface area (Å²) in [5.74, 6) is 1.04. The summed E-state index contributed by atoms with van der Waals surface area (Å²) in [6.45, 7) is 7.58. The van der Waals surface area contributed by atoms with Crippen LogP contribution in [0.5, 0.6) is 0 Å². The van der Waals surface area contributed by atoms with Gasteiger partial charge in [0.2, 0.25) is 11.8 Å². The van der Waals surface area contributed by atoms with E-state index in [2.05, 4.69) is 32.5 Å². The minimum absolute atomic E-state index is 0.193. The summed E-state index contributed by atoms with van der Waals surface area (Å²) in [5, 5.41) is 13.6. The Kier molecular flexibility index (Phi) is 6.04. The molecule has 1 N–H and O–H groups in total. The quantitative estimate of drug-likeness (QED) is 0.452. The van der Waals surface area contributed by atoms with Crippen LogP contribution in [0.4, 0.5) is 0 Å². The van der Waals surface area contributed by atoms with Gasteiger partial charge >= 0.3 is 0 Å². The first kappa shape index (κ1) is 20.6. The fourth-order valence-corrected chi connectivity index (χ4v) is 3.39. The predicted molar refractivity (Wildman–Crippen MR) is 115 cm³/mol. The molecule has 0 aliphatic carbocycles. The third-order valence-electron chi connectivity index (χ3n) is 4.82. The van der Waals surface area contributed by atoms with Crippen molar-refractivity contribution in [2.45, 2.75) is 34.1 Å². The Hall–Kier alpha value is -3.11. The third kappa shape index (κ3) is 4.33. The Balaban J connectivity index is 1.77. The molecule has 0 radical (unpaired) electrons. The topological polar surface area (TPSA) is 83.3 Å². The van der Waals surface area contributed by atoms with Crippen LogP contribution in [-0.2, 0) is 11.2 Å². The van der Waals surface area contributed by atoms with Crippen molar-refractivity contribution in [1.82, 2.24) is 9.99 Å². The highest BCUT2D eigenvalue weighted by Crippen LogP contribution is 2.28. The van der Waals surface area contributed by atoms with Crippen molar-refractivity contribution >= 4 is 28.1 Å². The van der Waals surface area contributed by atoms with Crippen LogP contribution in [0.3, 0.4) is 0 Å². The van der Waals surface area contributed by atoms with Crippen molar-refractivity contribution in [3.63, 3.8) is 0 Å². The smallest absolute Gasteiger partial charge is 0.244 e. The van der Waals surface area contributed by atoms with E-state index >= 15 is 0 Å². The molecule has 29 heavy (non-hydrogen) atoms. The molecule has 2 heterocycles. The highest BCUT2D eigenvalue weighted by molar-refractivity contribution is 9.10. The van der Waals surface area contributed by atoms with E-state index in [-0.39, 0.29) is 12.3 Å². The van der Waals surface area contributed by atoms with Crippen LogP contribution >= 0.6 is 15.9 Å². The van der Waals surface area contributed by atoms with Gasteiger partial charge in [-0.05, 0) is 51.5 Å². The minimum Gasteiger partial charge on any atom is -0.443 e. The van der Waals surface area contributed by atoms with E-state index in [9.17, 15) is 10.1 Å². The van der Waals surface area contributed by atoms with Crippen molar-refractivity contribution in [2.24, 2.45) is 5.10 Å². The molecule has 3 rings (SSSR count). The van der Waals surface area contributed by atoms with Gasteiger partial charge in [-0.1, -0.05) is 28.1 Å². The van der Waals surface area contributed by atoms with Gasteiger partial charge in [0.1, 0.15) is 17.4 Å². The number of hydrogen-bond donors (Lipinski definition) is 1. The van der Waals surface area contributed by atoms with E-state index < -0.39 is 0 Å². The molecule has 3 aromatic rings. The monoisotopic (exact) mass is 452 g/mol. The minimum atomic E-state index is -0.193. The van der Waals surface area contributed by atoms with E-state index in [4.69, 9.17) is 4.42 Å². The van der Waals surface area contributed by atoms with Crippen molar-refractivity contribution in [3.05, 3.63) is 74.2 Å². The van der Waals surface area contributed by atoms with Gasteiger partial charge in [-0.2, -0.15) is 10.4 Å². The second-order valence-electron chi connectivity index (χ2n) is 6.83. The number of rotatable bonds is 5. The van der Waals surface area contributed by atoms with Gasteiger partial charge in [0, 0.05) is 27.0 Å². The summed E-state index contributed by atoms with van der Waals surface area (Å²) in [7, 11) is 0. The molecule has 1 amide bonds. The first-order valence-electron chi connectivity index (χ1n) is 9.07. The molecule has 2 aromatic heterocycles. The standard InChI is InChI=1S/C22H21BrN4O2/c1-13-9-18(12-25-26-21(28)10-17-5-7-19(23)8-6-17)15(3)27(13)22-20(11-24)14(2)16(4)29-22/h5-9,12H,10H2,1-4H3,(H,26,28)/b25-12-. The maximum Gasteiger partial charge on any atom is 0.244 e. The Bertz CT molecular complexity index is 1130. The fraction of sp³-hybridized carbons (Fsp3) is 0.227. The summed E-state index contributed by atoms with van der Waals surface area (Å²) in [4.78, 5) is 12.1. The number of nitrogens with one attached hydrogen (secondary N) is 1. The predicted octanol–water partition coefficient (Wildman–Crippen LogP) is 4.63. The molecule has 0 saturated heterocycles. The molecule has 0 bridgehead atoms. The number of furan rings is 1. The number of amides is 1. The van der Waals surface area contributed by atoms with Gasteiger partial charge in [0.25, 0.3) is 0 Å². The van der Waals surface area contributed by atoms with Crippen molar-refractivity contribution in [1.29, 1.82) is 5.26 Å². The van der Waals surface area contributed by atoms with Gasteiger partial charge in [-0.15, -0.1) is 0 Å². The number of aromatic nitrogens is 1. The highest BCUT2D eigenvalue weighted by Gasteiger charge is 2.20. The van der Waals surface area contributed by atoms with Gasteiger partial charge < -0.3 is 4.42 Å². The molecule has 0 spiro atoms. The van der Waals surface area contributed by atoms with E-state index in [1.807, 2.05) is 62.6 Å². The number of hydrogen-bond acceptors (Lipinski definition) is 4. The van der Waals surface area contributed by atoms with E-state index in [1.165, 1.54) is 0 Å². The second kappa shape index (κ2) is 8.50. The first-order valence-corrected chi connectivity index (χ1v) is 9.87. The molecule has 0 aliphatic heterocycles. The molecule has 0 atom stereocenters. The summed E-state index contributed by atoms with van der Waals surface area (Å²) < 4.78 is 8.70. The van der Waals surface area contributed by atoms with Crippen LogP contribution in [0.25, 0.3) is 5.88 Å². The number of halogens is 1. The van der Waals surface area contributed by atoms with Gasteiger partial charge in [-0.25, -0.2) is 5.43 Å².